The molecule has 0 bridgehead atoms. The largest absolute Gasteiger partial charge is 0.460 e. The molecule has 1 aromatic rings. The summed E-state index contributed by atoms with van der Waals surface area (Å²) in [5.41, 5.74) is -0.542. The second kappa shape index (κ2) is 8.83. The zero-order valence-electron chi connectivity index (χ0n) is 16.1. The first-order valence-corrected chi connectivity index (χ1v) is 9.39. The number of Topliss-reactive ketones (excluding diaryl/α,β-unsaturated/α-hetero) is 1. The molecule has 6 nitrogen and oxygen atoms in total. The predicted octanol–water partition coefficient (Wildman–Crippen LogP) is 4.94. The van der Waals surface area contributed by atoms with E-state index < -0.39 is 23.3 Å². The van der Waals surface area contributed by atoms with Crippen LogP contribution in [0.5, 0.6) is 0 Å². The van der Waals surface area contributed by atoms with Crippen molar-refractivity contribution in [3.05, 3.63) is 27.3 Å². The summed E-state index contributed by atoms with van der Waals surface area (Å²) in [6.45, 7) is 10.6. The van der Waals surface area contributed by atoms with E-state index >= 15 is 0 Å². The second-order valence-corrected chi connectivity index (χ2v) is 9.07. The van der Waals surface area contributed by atoms with Crippen molar-refractivity contribution >= 4 is 46.1 Å². The molecule has 0 aliphatic heterocycles. The van der Waals surface area contributed by atoms with Crippen molar-refractivity contribution in [1.82, 2.24) is 0 Å². The lowest BCUT2D eigenvalue weighted by Crippen LogP contribution is -2.28. The van der Waals surface area contributed by atoms with Crippen LogP contribution in [0.3, 0.4) is 0 Å². The van der Waals surface area contributed by atoms with Gasteiger partial charge in [0, 0.05) is 15.6 Å². The maximum Gasteiger partial charge on any atom is 0.412 e. The minimum atomic E-state index is -0.646. The lowest BCUT2D eigenvalue weighted by atomic mass is 10.0. The van der Waals surface area contributed by atoms with Crippen molar-refractivity contribution in [3.8, 4) is 0 Å². The number of hydrogen-bond acceptors (Lipinski definition) is 5. The summed E-state index contributed by atoms with van der Waals surface area (Å²) in [6.07, 6.45) is -0.660. The second-order valence-electron chi connectivity index (χ2n) is 7.83. The van der Waals surface area contributed by atoms with Gasteiger partial charge in [-0.1, -0.05) is 0 Å². The topological polar surface area (TPSA) is 81.7 Å². The monoisotopic (exact) mass is 475 g/mol. The Morgan fingerprint density at radius 1 is 0.962 bits per heavy atom. The van der Waals surface area contributed by atoms with Gasteiger partial charge < -0.3 is 9.47 Å². The Balaban J connectivity index is 2.84. The maximum absolute atomic E-state index is 12.5. The van der Waals surface area contributed by atoms with Crippen LogP contribution in [-0.4, -0.2) is 29.0 Å². The van der Waals surface area contributed by atoms with Gasteiger partial charge in [-0.3, -0.25) is 14.9 Å². The van der Waals surface area contributed by atoms with E-state index in [-0.39, 0.29) is 18.6 Å². The predicted molar refractivity (Wildman–Crippen MR) is 108 cm³/mol. The highest BCUT2D eigenvalue weighted by atomic mass is 127. The van der Waals surface area contributed by atoms with E-state index in [1.165, 1.54) is 0 Å². The van der Waals surface area contributed by atoms with Crippen LogP contribution >= 0.6 is 22.6 Å². The number of amides is 1. The van der Waals surface area contributed by atoms with Gasteiger partial charge in [0.2, 0.25) is 0 Å². The molecule has 0 aromatic heterocycles. The Morgan fingerprint density at radius 3 is 2.08 bits per heavy atom. The molecular weight excluding hydrogens is 449 g/mol. The van der Waals surface area contributed by atoms with Gasteiger partial charge in [0.05, 0.1) is 12.1 Å². The maximum atomic E-state index is 12.5. The van der Waals surface area contributed by atoms with Crippen molar-refractivity contribution in [2.45, 2.75) is 65.6 Å². The molecule has 1 aromatic carbocycles. The van der Waals surface area contributed by atoms with Crippen molar-refractivity contribution in [2.75, 3.05) is 5.32 Å². The molecule has 0 spiro atoms. The standard InChI is InChI=1S/C19H26INO5/c1-18(2,3)25-16(23)10-9-15(22)13-8-7-12(20)11-14(13)21-17(24)26-19(4,5)6/h7-8,11H,9-10H2,1-6H3,(H,21,24). The summed E-state index contributed by atoms with van der Waals surface area (Å²) in [4.78, 5) is 36.3. The summed E-state index contributed by atoms with van der Waals surface area (Å²) in [5.74, 6) is -0.684. The summed E-state index contributed by atoms with van der Waals surface area (Å²) in [6, 6.07) is 5.08. The molecule has 0 aliphatic carbocycles. The van der Waals surface area contributed by atoms with Crippen molar-refractivity contribution in [3.63, 3.8) is 0 Å². The molecule has 0 radical (unpaired) electrons. The van der Waals surface area contributed by atoms with E-state index in [9.17, 15) is 14.4 Å². The molecule has 1 N–H and O–H groups in total. The average molecular weight is 475 g/mol. The Hall–Kier alpha value is -1.64. The van der Waals surface area contributed by atoms with E-state index in [4.69, 9.17) is 9.47 Å². The fraction of sp³-hybridized carbons (Fsp3) is 0.526. The molecule has 1 amide bonds. The highest BCUT2D eigenvalue weighted by Crippen LogP contribution is 2.23. The normalized spacial score (nSPS) is 11.7. The summed E-state index contributed by atoms with van der Waals surface area (Å²) in [5, 5.41) is 2.61. The number of halogens is 1. The molecule has 0 fully saturated rings. The quantitative estimate of drug-likeness (QED) is 0.371. The average Bonchev–Trinajstić information content (AvgIpc) is 2.41. The highest BCUT2D eigenvalue weighted by molar-refractivity contribution is 14.1. The highest BCUT2D eigenvalue weighted by Gasteiger charge is 2.21. The van der Waals surface area contributed by atoms with E-state index in [1.807, 2.05) is 0 Å². The van der Waals surface area contributed by atoms with Gasteiger partial charge in [-0.2, -0.15) is 0 Å². The van der Waals surface area contributed by atoms with Gasteiger partial charge in [-0.05, 0) is 82.3 Å². The molecule has 0 saturated carbocycles. The summed E-state index contributed by atoms with van der Waals surface area (Å²) >= 11 is 2.09. The lowest BCUT2D eigenvalue weighted by molar-refractivity contribution is -0.154. The third-order valence-corrected chi connectivity index (χ3v) is 3.56. The van der Waals surface area contributed by atoms with Crippen LogP contribution in [0.4, 0.5) is 10.5 Å². The number of hydrogen-bond donors (Lipinski definition) is 1. The number of carbonyl (C=O) groups is 3. The number of benzene rings is 1. The van der Waals surface area contributed by atoms with E-state index in [2.05, 4.69) is 27.9 Å². The Bertz CT molecular complexity index is 686. The Labute approximate surface area is 168 Å². The van der Waals surface area contributed by atoms with Gasteiger partial charge in [-0.15, -0.1) is 0 Å². The zero-order chi connectivity index (χ0) is 20.1. The first-order chi connectivity index (χ1) is 11.8. The van der Waals surface area contributed by atoms with Crippen molar-refractivity contribution < 1.29 is 23.9 Å². The molecular formula is C19H26INO5. The lowest BCUT2D eigenvalue weighted by Gasteiger charge is -2.20. The van der Waals surface area contributed by atoms with Crippen LogP contribution in [0.25, 0.3) is 0 Å². The smallest absolute Gasteiger partial charge is 0.412 e. The molecule has 1 rings (SSSR count). The molecule has 0 heterocycles. The van der Waals surface area contributed by atoms with E-state index in [1.54, 1.807) is 59.7 Å². The van der Waals surface area contributed by atoms with Crippen molar-refractivity contribution in [2.24, 2.45) is 0 Å². The van der Waals surface area contributed by atoms with Crippen LogP contribution in [0.15, 0.2) is 18.2 Å². The molecule has 0 aliphatic rings. The van der Waals surface area contributed by atoms with Crippen molar-refractivity contribution in [1.29, 1.82) is 0 Å². The molecule has 0 atom stereocenters. The number of rotatable bonds is 5. The zero-order valence-corrected chi connectivity index (χ0v) is 18.2. The third kappa shape index (κ3) is 8.64. The minimum absolute atomic E-state index is 0.00148. The van der Waals surface area contributed by atoms with Gasteiger partial charge in [0.25, 0.3) is 0 Å². The summed E-state index contributed by atoms with van der Waals surface area (Å²) < 4.78 is 11.3. The Kier molecular flexibility index (Phi) is 7.61. The number of nitrogens with one attached hydrogen (secondary N) is 1. The molecule has 26 heavy (non-hydrogen) atoms. The van der Waals surface area contributed by atoms with Crippen LogP contribution in [0.1, 0.15) is 64.7 Å². The van der Waals surface area contributed by atoms with Gasteiger partial charge in [-0.25, -0.2) is 4.79 Å². The first kappa shape index (κ1) is 22.4. The molecule has 144 valence electrons. The van der Waals surface area contributed by atoms with Crippen LogP contribution < -0.4 is 5.32 Å². The minimum Gasteiger partial charge on any atom is -0.460 e. The van der Waals surface area contributed by atoms with Crippen LogP contribution in [0, 0.1) is 3.57 Å². The van der Waals surface area contributed by atoms with Gasteiger partial charge in [0.1, 0.15) is 11.2 Å². The van der Waals surface area contributed by atoms with Gasteiger partial charge in [0.15, 0.2) is 5.78 Å². The fourth-order valence-corrected chi connectivity index (χ4v) is 2.51. The third-order valence-electron chi connectivity index (χ3n) is 2.89. The Morgan fingerprint density at radius 2 is 1.54 bits per heavy atom. The molecule has 0 saturated heterocycles. The van der Waals surface area contributed by atoms with Crippen LogP contribution in [0.2, 0.25) is 0 Å². The number of anilines is 1. The number of ether oxygens (including phenoxy) is 2. The molecule has 7 heteroatoms. The molecule has 0 unspecified atom stereocenters. The van der Waals surface area contributed by atoms with E-state index in [0.29, 0.717) is 11.3 Å². The van der Waals surface area contributed by atoms with Crippen LogP contribution in [-0.2, 0) is 14.3 Å². The number of esters is 1. The summed E-state index contributed by atoms with van der Waals surface area (Å²) in [7, 11) is 0. The van der Waals surface area contributed by atoms with Gasteiger partial charge >= 0.3 is 12.1 Å². The van der Waals surface area contributed by atoms with E-state index in [0.717, 1.165) is 3.57 Å². The SMILES string of the molecule is CC(C)(C)OC(=O)CCC(=O)c1ccc(I)cc1NC(=O)OC(C)(C)C. The number of carbonyl (C=O) groups excluding carboxylic acids is 3. The number of ketones is 1. The first-order valence-electron chi connectivity index (χ1n) is 8.31. The fourth-order valence-electron chi connectivity index (χ4n) is 2.02.